The SMILES string of the molecule is COc1cc(C(=O)N2CCC3(CCN(C)C3)C2)c(F)cc1Nc1ncc(C(F)(F)F)c(Oc2cccc3c2C(=O)N(C)C3)n1. The van der Waals surface area contributed by atoms with Crippen LogP contribution in [0, 0.1) is 11.2 Å². The molecule has 3 aliphatic rings. The predicted octanol–water partition coefficient (Wildman–Crippen LogP) is 4.93. The number of hydrogen-bond acceptors (Lipinski definition) is 8. The van der Waals surface area contributed by atoms with Crippen LogP contribution in [0.25, 0.3) is 0 Å². The van der Waals surface area contributed by atoms with Crippen LogP contribution in [-0.2, 0) is 12.7 Å². The van der Waals surface area contributed by atoms with Crippen molar-refractivity contribution in [1.82, 2.24) is 24.7 Å². The second kappa shape index (κ2) is 10.9. The lowest BCUT2D eigenvalue weighted by molar-refractivity contribution is -0.139. The summed E-state index contributed by atoms with van der Waals surface area (Å²) in [6.45, 7) is 3.17. The number of amides is 2. The summed E-state index contributed by atoms with van der Waals surface area (Å²) in [5.41, 5.74) is -0.708. The van der Waals surface area contributed by atoms with E-state index in [9.17, 15) is 22.8 Å². The Morgan fingerprint density at radius 3 is 2.57 bits per heavy atom. The van der Waals surface area contributed by atoms with E-state index in [1.54, 1.807) is 24.1 Å². The van der Waals surface area contributed by atoms with Gasteiger partial charge >= 0.3 is 6.18 Å². The van der Waals surface area contributed by atoms with Gasteiger partial charge in [0.2, 0.25) is 11.8 Å². The van der Waals surface area contributed by atoms with Gasteiger partial charge in [-0.3, -0.25) is 9.59 Å². The number of anilines is 2. The van der Waals surface area contributed by atoms with Crippen molar-refractivity contribution >= 4 is 23.5 Å². The average molecular weight is 615 g/mol. The molecule has 3 aromatic rings. The maximum Gasteiger partial charge on any atom is 0.423 e. The molecule has 6 rings (SSSR count). The second-order valence-electron chi connectivity index (χ2n) is 11.6. The van der Waals surface area contributed by atoms with Crippen LogP contribution in [0.5, 0.6) is 17.4 Å². The van der Waals surface area contributed by atoms with E-state index in [2.05, 4.69) is 20.2 Å². The van der Waals surface area contributed by atoms with Crippen molar-refractivity contribution in [3.8, 4) is 17.4 Å². The lowest BCUT2D eigenvalue weighted by Crippen LogP contribution is -2.34. The van der Waals surface area contributed by atoms with Crippen molar-refractivity contribution in [2.24, 2.45) is 5.41 Å². The first-order valence-corrected chi connectivity index (χ1v) is 14.0. The van der Waals surface area contributed by atoms with Gasteiger partial charge in [0.25, 0.3) is 11.8 Å². The first-order valence-electron chi connectivity index (χ1n) is 14.0. The van der Waals surface area contributed by atoms with Crippen molar-refractivity contribution < 1.29 is 36.6 Å². The number of halogens is 4. The maximum absolute atomic E-state index is 15.4. The monoisotopic (exact) mass is 614 g/mol. The van der Waals surface area contributed by atoms with Crippen molar-refractivity contribution in [2.45, 2.75) is 25.6 Å². The Hall–Kier alpha value is -4.46. The van der Waals surface area contributed by atoms with Gasteiger partial charge in [0.05, 0.1) is 23.9 Å². The number of carbonyl (C=O) groups excluding carboxylic acids is 2. The summed E-state index contributed by atoms with van der Waals surface area (Å²) >= 11 is 0. The lowest BCUT2D eigenvalue weighted by atomic mass is 9.86. The lowest BCUT2D eigenvalue weighted by Gasteiger charge is -2.24. The smallest absolute Gasteiger partial charge is 0.423 e. The van der Waals surface area contributed by atoms with Gasteiger partial charge in [-0.25, -0.2) is 9.37 Å². The summed E-state index contributed by atoms with van der Waals surface area (Å²) in [5, 5.41) is 2.68. The number of fused-ring (bicyclic) bond motifs is 1. The molecule has 0 bridgehead atoms. The number of benzene rings is 2. The zero-order valence-electron chi connectivity index (χ0n) is 24.3. The number of rotatable bonds is 6. The minimum absolute atomic E-state index is 0.00913. The normalized spacial score (nSPS) is 20.0. The zero-order valence-corrected chi connectivity index (χ0v) is 24.3. The van der Waals surface area contributed by atoms with E-state index >= 15 is 4.39 Å². The summed E-state index contributed by atoms with van der Waals surface area (Å²) in [6.07, 6.45) is -2.53. The number of nitrogens with zero attached hydrogens (tertiary/aromatic N) is 5. The third-order valence-electron chi connectivity index (χ3n) is 8.47. The Morgan fingerprint density at radius 1 is 1.09 bits per heavy atom. The number of nitrogens with one attached hydrogen (secondary N) is 1. The first kappa shape index (κ1) is 29.6. The maximum atomic E-state index is 15.4. The predicted molar refractivity (Wildman–Crippen MR) is 151 cm³/mol. The number of ether oxygens (including phenoxy) is 2. The fourth-order valence-electron chi connectivity index (χ4n) is 6.23. The molecule has 1 N–H and O–H groups in total. The molecule has 44 heavy (non-hydrogen) atoms. The molecular formula is C30H30F4N6O4. The van der Waals surface area contributed by atoms with Crippen LogP contribution >= 0.6 is 0 Å². The van der Waals surface area contributed by atoms with Crippen LogP contribution in [0.2, 0.25) is 0 Å². The highest BCUT2D eigenvalue weighted by atomic mass is 19.4. The molecule has 10 nitrogen and oxygen atoms in total. The molecule has 2 fully saturated rings. The molecule has 2 amide bonds. The van der Waals surface area contributed by atoms with Gasteiger partial charge in [-0.15, -0.1) is 0 Å². The second-order valence-corrected chi connectivity index (χ2v) is 11.6. The summed E-state index contributed by atoms with van der Waals surface area (Å²) in [7, 11) is 4.93. The number of carbonyl (C=O) groups is 2. The molecule has 0 aliphatic carbocycles. The summed E-state index contributed by atoms with van der Waals surface area (Å²) in [4.78, 5) is 38.9. The highest BCUT2D eigenvalue weighted by molar-refractivity contribution is 6.01. The molecule has 0 saturated carbocycles. The third-order valence-corrected chi connectivity index (χ3v) is 8.47. The molecular weight excluding hydrogens is 584 g/mol. The van der Waals surface area contributed by atoms with Gasteiger partial charge in [-0.1, -0.05) is 12.1 Å². The van der Waals surface area contributed by atoms with E-state index in [1.165, 1.54) is 24.1 Å². The van der Waals surface area contributed by atoms with Crippen molar-refractivity contribution in [3.63, 3.8) is 0 Å². The number of methoxy groups -OCH3 is 1. The van der Waals surface area contributed by atoms with Crippen molar-refractivity contribution in [1.29, 1.82) is 0 Å². The number of aromatic nitrogens is 2. The van der Waals surface area contributed by atoms with Crippen molar-refractivity contribution in [2.75, 3.05) is 52.7 Å². The molecule has 14 heteroatoms. The molecule has 0 radical (unpaired) electrons. The molecule has 3 aliphatic heterocycles. The van der Waals surface area contributed by atoms with Crippen LogP contribution < -0.4 is 14.8 Å². The van der Waals surface area contributed by atoms with Crippen LogP contribution in [0.1, 0.15) is 44.7 Å². The summed E-state index contributed by atoms with van der Waals surface area (Å²) in [6, 6.07) is 6.90. The largest absolute Gasteiger partial charge is 0.495 e. The van der Waals surface area contributed by atoms with Crippen LogP contribution in [0.3, 0.4) is 0 Å². The fraction of sp³-hybridized carbons (Fsp3) is 0.400. The fourth-order valence-corrected chi connectivity index (χ4v) is 6.23. The highest BCUT2D eigenvalue weighted by Gasteiger charge is 2.44. The van der Waals surface area contributed by atoms with Crippen LogP contribution in [0.15, 0.2) is 36.5 Å². The molecule has 4 heterocycles. The number of likely N-dealkylation sites (tertiary alicyclic amines) is 2. The Bertz CT molecular complexity index is 1650. The molecule has 1 unspecified atom stereocenters. The topological polar surface area (TPSA) is 100 Å². The van der Waals surface area contributed by atoms with Gasteiger partial charge < -0.3 is 29.5 Å². The van der Waals surface area contributed by atoms with E-state index in [0.29, 0.717) is 24.8 Å². The van der Waals surface area contributed by atoms with E-state index < -0.39 is 35.3 Å². The minimum atomic E-state index is -4.87. The first-order chi connectivity index (χ1) is 20.9. The number of alkyl halides is 3. The highest BCUT2D eigenvalue weighted by Crippen LogP contribution is 2.42. The molecule has 232 valence electrons. The quantitative estimate of drug-likeness (QED) is 0.391. The van der Waals surface area contributed by atoms with Crippen LogP contribution in [0.4, 0.5) is 29.2 Å². The zero-order chi connectivity index (χ0) is 31.4. The average Bonchev–Trinajstić information content (AvgIpc) is 3.64. The van der Waals surface area contributed by atoms with Crippen LogP contribution in [-0.4, -0.2) is 83.9 Å². The molecule has 2 aromatic carbocycles. The van der Waals surface area contributed by atoms with E-state index in [0.717, 1.165) is 32.0 Å². The van der Waals surface area contributed by atoms with E-state index in [-0.39, 0.29) is 46.2 Å². The van der Waals surface area contributed by atoms with Crippen molar-refractivity contribution in [3.05, 3.63) is 64.6 Å². The van der Waals surface area contributed by atoms with E-state index in [1.807, 2.05) is 7.05 Å². The van der Waals surface area contributed by atoms with Gasteiger partial charge in [0.15, 0.2) is 0 Å². The van der Waals surface area contributed by atoms with Gasteiger partial charge in [-0.2, -0.15) is 18.2 Å². The van der Waals surface area contributed by atoms with Gasteiger partial charge in [0, 0.05) is 50.9 Å². The van der Waals surface area contributed by atoms with E-state index in [4.69, 9.17) is 9.47 Å². The molecule has 1 atom stereocenters. The molecule has 1 aromatic heterocycles. The minimum Gasteiger partial charge on any atom is -0.495 e. The van der Waals surface area contributed by atoms with Gasteiger partial charge in [0.1, 0.15) is 22.9 Å². The Labute approximate surface area is 250 Å². The summed E-state index contributed by atoms with van der Waals surface area (Å²) in [5.74, 6) is -2.93. The van der Waals surface area contributed by atoms with Gasteiger partial charge in [-0.05, 0) is 44.1 Å². The molecule has 1 spiro atoms. The Kier molecular flexibility index (Phi) is 7.34. The Balaban J connectivity index is 1.28. The summed E-state index contributed by atoms with van der Waals surface area (Å²) < 4.78 is 68.1. The molecule has 2 saturated heterocycles. The standard InChI is InChI=1S/C30H30F4N6O4/c1-38-9-7-29(15-38)8-10-40(16-29)26(41)18-11-23(43-3)21(12-20(18)31)36-28-35-13-19(30(32,33)34)25(37-28)44-22-6-4-5-17-14-39(2)27(42)24(17)22/h4-6,11-13H,7-10,14-16H2,1-3H3,(H,35,36,37). The third kappa shape index (κ3) is 5.38. The Morgan fingerprint density at radius 2 is 1.86 bits per heavy atom. The number of hydrogen-bond donors (Lipinski definition) is 1.